The van der Waals surface area contributed by atoms with E-state index < -0.39 is 11.7 Å². The highest BCUT2D eigenvalue weighted by atomic mass is 19.4. The molecule has 0 saturated heterocycles. The second-order valence-electron chi connectivity index (χ2n) is 5.29. The first-order valence-electron chi connectivity index (χ1n) is 7.44. The van der Waals surface area contributed by atoms with E-state index >= 15 is 0 Å². The molecule has 126 valence electrons. The molecule has 2 aromatic carbocycles. The van der Waals surface area contributed by atoms with Crippen LogP contribution in [0.3, 0.4) is 0 Å². The summed E-state index contributed by atoms with van der Waals surface area (Å²) in [5.74, 6) is -0.385. The lowest BCUT2D eigenvalue weighted by Crippen LogP contribution is -2.13. The minimum absolute atomic E-state index is 0.0950. The number of nitrogens with zero attached hydrogens (tertiary/aromatic N) is 1. The van der Waals surface area contributed by atoms with Crippen molar-refractivity contribution in [3.05, 3.63) is 84.2 Å². The number of amides is 1. The van der Waals surface area contributed by atoms with E-state index in [4.69, 9.17) is 0 Å². The van der Waals surface area contributed by atoms with Gasteiger partial charge in [-0.3, -0.25) is 9.78 Å². The van der Waals surface area contributed by atoms with Gasteiger partial charge >= 0.3 is 6.18 Å². The van der Waals surface area contributed by atoms with Gasteiger partial charge in [-0.2, -0.15) is 13.2 Å². The number of alkyl halides is 3. The summed E-state index contributed by atoms with van der Waals surface area (Å²) in [6.45, 7) is 0. The second-order valence-corrected chi connectivity index (χ2v) is 5.29. The first-order chi connectivity index (χ1) is 11.9. The average Bonchev–Trinajstić information content (AvgIpc) is 2.62. The fourth-order valence-corrected chi connectivity index (χ4v) is 2.41. The lowest BCUT2D eigenvalue weighted by molar-refractivity contribution is -0.137. The van der Waals surface area contributed by atoms with Crippen molar-refractivity contribution in [3.8, 4) is 11.1 Å². The van der Waals surface area contributed by atoms with Crippen LogP contribution in [0.2, 0.25) is 0 Å². The third kappa shape index (κ3) is 3.85. The van der Waals surface area contributed by atoms with E-state index in [1.807, 2.05) is 0 Å². The van der Waals surface area contributed by atoms with Crippen LogP contribution in [-0.4, -0.2) is 10.9 Å². The van der Waals surface area contributed by atoms with E-state index in [0.717, 1.165) is 6.07 Å². The molecule has 0 unspecified atom stereocenters. The molecule has 3 aromatic rings. The maximum atomic E-state index is 13.1. The minimum atomic E-state index is -4.43. The molecule has 0 atom stereocenters. The van der Waals surface area contributed by atoms with Crippen molar-refractivity contribution >= 4 is 11.6 Å². The van der Waals surface area contributed by atoms with Crippen molar-refractivity contribution in [3.63, 3.8) is 0 Å². The molecule has 0 bridgehead atoms. The summed E-state index contributed by atoms with van der Waals surface area (Å²) >= 11 is 0. The molecule has 25 heavy (non-hydrogen) atoms. The number of aromatic nitrogens is 1. The van der Waals surface area contributed by atoms with Crippen molar-refractivity contribution in [2.45, 2.75) is 6.18 Å². The number of anilines is 1. The van der Waals surface area contributed by atoms with Crippen molar-refractivity contribution < 1.29 is 18.0 Å². The lowest BCUT2D eigenvalue weighted by atomic mass is 9.99. The molecule has 3 rings (SSSR count). The van der Waals surface area contributed by atoms with Gasteiger partial charge in [0.25, 0.3) is 5.91 Å². The number of hydrogen-bond acceptors (Lipinski definition) is 2. The molecule has 0 aliphatic rings. The molecule has 0 fully saturated rings. The SMILES string of the molecule is O=C(Nc1ccc(-c2ccccc2C(F)(F)F)cc1)c1ccccn1. The number of pyridine rings is 1. The van der Waals surface area contributed by atoms with Gasteiger partial charge in [0, 0.05) is 11.9 Å². The Hall–Kier alpha value is -3.15. The van der Waals surface area contributed by atoms with E-state index in [1.165, 1.54) is 18.3 Å². The number of rotatable bonds is 3. The predicted octanol–water partition coefficient (Wildman–Crippen LogP) is 5.02. The highest BCUT2D eigenvalue weighted by Crippen LogP contribution is 2.37. The summed E-state index contributed by atoms with van der Waals surface area (Å²) in [6.07, 6.45) is -2.92. The normalized spacial score (nSPS) is 11.2. The quantitative estimate of drug-likeness (QED) is 0.726. The molecule has 6 heteroatoms. The Morgan fingerprint density at radius 2 is 1.56 bits per heavy atom. The van der Waals surface area contributed by atoms with Crippen LogP contribution in [-0.2, 0) is 6.18 Å². The van der Waals surface area contributed by atoms with Gasteiger partial charge in [-0.1, -0.05) is 36.4 Å². The Morgan fingerprint density at radius 3 is 2.20 bits per heavy atom. The van der Waals surface area contributed by atoms with Crippen LogP contribution < -0.4 is 5.32 Å². The molecular weight excluding hydrogens is 329 g/mol. The largest absolute Gasteiger partial charge is 0.417 e. The zero-order valence-electron chi connectivity index (χ0n) is 12.9. The maximum absolute atomic E-state index is 13.1. The zero-order chi connectivity index (χ0) is 17.9. The number of carbonyl (C=O) groups excluding carboxylic acids is 1. The van der Waals surface area contributed by atoms with Crippen molar-refractivity contribution in [1.29, 1.82) is 0 Å². The number of carbonyl (C=O) groups is 1. The Balaban J connectivity index is 1.83. The van der Waals surface area contributed by atoms with Gasteiger partial charge in [0.1, 0.15) is 5.69 Å². The van der Waals surface area contributed by atoms with Gasteiger partial charge in [-0.25, -0.2) is 0 Å². The summed E-state index contributed by atoms with van der Waals surface area (Å²) in [7, 11) is 0. The van der Waals surface area contributed by atoms with Crippen LogP contribution in [0.4, 0.5) is 18.9 Å². The summed E-state index contributed by atoms with van der Waals surface area (Å²) in [4.78, 5) is 16.0. The van der Waals surface area contributed by atoms with E-state index in [0.29, 0.717) is 11.3 Å². The third-order valence-corrected chi connectivity index (χ3v) is 3.58. The van der Waals surface area contributed by atoms with E-state index in [9.17, 15) is 18.0 Å². The van der Waals surface area contributed by atoms with Crippen LogP contribution in [0.1, 0.15) is 16.1 Å². The number of benzene rings is 2. The van der Waals surface area contributed by atoms with Gasteiger partial charge in [0.2, 0.25) is 0 Å². The molecule has 1 N–H and O–H groups in total. The van der Waals surface area contributed by atoms with Crippen LogP contribution in [0, 0.1) is 0 Å². The van der Waals surface area contributed by atoms with Crippen molar-refractivity contribution in [1.82, 2.24) is 4.98 Å². The molecule has 0 radical (unpaired) electrons. The lowest BCUT2D eigenvalue weighted by Gasteiger charge is -2.13. The van der Waals surface area contributed by atoms with Crippen LogP contribution in [0.15, 0.2) is 72.9 Å². The molecule has 0 aliphatic carbocycles. The van der Waals surface area contributed by atoms with Gasteiger partial charge in [-0.15, -0.1) is 0 Å². The molecule has 1 aromatic heterocycles. The van der Waals surface area contributed by atoms with Gasteiger partial charge in [-0.05, 0) is 41.5 Å². The Kier molecular flexibility index (Phi) is 4.52. The van der Waals surface area contributed by atoms with Gasteiger partial charge < -0.3 is 5.32 Å². The maximum Gasteiger partial charge on any atom is 0.417 e. The van der Waals surface area contributed by atoms with Crippen LogP contribution in [0.25, 0.3) is 11.1 Å². The number of halogens is 3. The van der Waals surface area contributed by atoms with Gasteiger partial charge in [0.15, 0.2) is 0 Å². The summed E-state index contributed by atoms with van der Waals surface area (Å²) in [6, 6.07) is 16.5. The second kappa shape index (κ2) is 6.76. The summed E-state index contributed by atoms with van der Waals surface area (Å²) in [5, 5.41) is 2.66. The highest BCUT2D eigenvalue weighted by molar-refractivity contribution is 6.02. The first kappa shape index (κ1) is 16.7. The van der Waals surface area contributed by atoms with E-state index in [1.54, 1.807) is 48.5 Å². The fraction of sp³-hybridized carbons (Fsp3) is 0.0526. The summed E-state index contributed by atoms with van der Waals surface area (Å²) in [5.41, 5.74) is 0.555. The molecule has 0 aliphatic heterocycles. The smallest absolute Gasteiger partial charge is 0.321 e. The highest BCUT2D eigenvalue weighted by Gasteiger charge is 2.33. The Bertz CT molecular complexity index is 875. The average molecular weight is 342 g/mol. The van der Waals surface area contributed by atoms with Crippen molar-refractivity contribution in [2.24, 2.45) is 0 Å². The van der Waals surface area contributed by atoms with Crippen LogP contribution >= 0.6 is 0 Å². The monoisotopic (exact) mass is 342 g/mol. The number of nitrogens with one attached hydrogen (secondary N) is 1. The molecular formula is C19H13F3N2O. The minimum Gasteiger partial charge on any atom is -0.321 e. The molecule has 0 saturated carbocycles. The Labute approximate surface area is 142 Å². The van der Waals surface area contributed by atoms with E-state index in [-0.39, 0.29) is 17.2 Å². The van der Waals surface area contributed by atoms with Crippen LogP contribution in [0.5, 0.6) is 0 Å². The molecule has 1 heterocycles. The fourth-order valence-electron chi connectivity index (χ4n) is 2.41. The first-order valence-corrected chi connectivity index (χ1v) is 7.44. The standard InChI is InChI=1S/C19H13F3N2O/c20-19(21,22)16-6-2-1-5-15(16)13-8-10-14(11-9-13)24-18(25)17-7-3-4-12-23-17/h1-12H,(H,24,25). The number of hydrogen-bond donors (Lipinski definition) is 1. The predicted molar refractivity (Wildman–Crippen MR) is 89.1 cm³/mol. The zero-order valence-corrected chi connectivity index (χ0v) is 12.9. The summed E-state index contributed by atoms with van der Waals surface area (Å²) < 4.78 is 39.3. The molecule has 1 amide bonds. The van der Waals surface area contributed by atoms with Crippen molar-refractivity contribution in [2.75, 3.05) is 5.32 Å². The Morgan fingerprint density at radius 1 is 0.880 bits per heavy atom. The molecule has 0 spiro atoms. The van der Waals surface area contributed by atoms with Gasteiger partial charge in [0.05, 0.1) is 5.56 Å². The topological polar surface area (TPSA) is 42.0 Å². The third-order valence-electron chi connectivity index (χ3n) is 3.58. The van der Waals surface area contributed by atoms with E-state index in [2.05, 4.69) is 10.3 Å². The molecule has 3 nitrogen and oxygen atoms in total.